The van der Waals surface area contributed by atoms with Crippen LogP contribution in [0, 0.1) is 0 Å². The molecule has 0 atom stereocenters. The number of nitrogens with zero attached hydrogens (tertiary/aromatic N) is 3. The van der Waals surface area contributed by atoms with Crippen LogP contribution in [0.25, 0.3) is 0 Å². The van der Waals surface area contributed by atoms with E-state index in [4.69, 9.17) is 0 Å². The quantitative estimate of drug-likeness (QED) is 0.639. The first-order valence-corrected chi connectivity index (χ1v) is 8.61. The third kappa shape index (κ3) is 4.07. The second-order valence-electron chi connectivity index (χ2n) is 4.34. The van der Waals surface area contributed by atoms with Crippen molar-refractivity contribution in [1.82, 2.24) is 14.7 Å². The first-order valence-electron chi connectivity index (χ1n) is 6.70. The number of rotatable bonds is 8. The molecule has 0 saturated carbocycles. The Bertz CT molecular complexity index is 357. The minimum absolute atomic E-state index is 0.933. The summed E-state index contributed by atoms with van der Waals surface area (Å²) in [6, 6.07) is 0. The Kier molecular flexibility index (Phi) is 7.49. The Balaban J connectivity index is 2.89. The molecule has 0 spiro atoms. The van der Waals surface area contributed by atoms with E-state index in [1.54, 1.807) is 0 Å². The molecule has 0 unspecified atom stereocenters. The molecule has 1 rings (SSSR count). The van der Waals surface area contributed by atoms with Gasteiger partial charge in [-0.3, -0.25) is 9.58 Å². The van der Waals surface area contributed by atoms with Gasteiger partial charge in [0.2, 0.25) is 0 Å². The molecule has 0 aliphatic heterocycles. The summed E-state index contributed by atoms with van der Waals surface area (Å²) in [5.74, 6) is 0. The monoisotopic (exact) mass is 379 g/mol. The van der Waals surface area contributed by atoms with Crippen LogP contribution in [-0.2, 0) is 19.5 Å². The number of alkyl halides is 1. The molecule has 0 aromatic carbocycles. The Labute approximate surface area is 127 Å². The van der Waals surface area contributed by atoms with E-state index < -0.39 is 0 Å². The van der Waals surface area contributed by atoms with Crippen molar-refractivity contribution in [3.63, 3.8) is 0 Å². The second kappa shape index (κ2) is 8.33. The fraction of sp³-hybridized carbons (Fsp3) is 0.769. The highest BCUT2D eigenvalue weighted by atomic mass is 79.9. The van der Waals surface area contributed by atoms with Gasteiger partial charge in [-0.1, -0.05) is 29.8 Å². The molecule has 0 amide bonds. The Morgan fingerprint density at radius 2 is 1.94 bits per heavy atom. The summed E-state index contributed by atoms with van der Waals surface area (Å²) in [6.45, 7) is 10.6. The lowest BCUT2D eigenvalue weighted by molar-refractivity contribution is 0.274. The van der Waals surface area contributed by atoms with Crippen molar-refractivity contribution in [2.75, 3.05) is 18.4 Å². The molecule has 0 bridgehead atoms. The standard InChI is InChI=1S/C13H23Br2N3/c1-4-8-17(9-7-14)10-12-13(15)11(5-2)16-18(12)6-3/h4-10H2,1-3H3. The molecule has 0 radical (unpaired) electrons. The molecule has 3 nitrogen and oxygen atoms in total. The molecule has 5 heteroatoms. The summed E-state index contributed by atoms with van der Waals surface area (Å²) in [7, 11) is 0. The molecule has 0 fully saturated rings. The van der Waals surface area contributed by atoms with E-state index in [1.807, 2.05) is 0 Å². The summed E-state index contributed by atoms with van der Waals surface area (Å²) in [5.41, 5.74) is 2.48. The Hall–Kier alpha value is 0.130. The second-order valence-corrected chi connectivity index (χ2v) is 5.93. The minimum atomic E-state index is 0.933. The smallest absolute Gasteiger partial charge is 0.0767 e. The van der Waals surface area contributed by atoms with E-state index >= 15 is 0 Å². The zero-order valence-electron chi connectivity index (χ0n) is 11.5. The van der Waals surface area contributed by atoms with Gasteiger partial charge in [0.25, 0.3) is 0 Å². The van der Waals surface area contributed by atoms with E-state index in [0.717, 1.165) is 37.9 Å². The fourth-order valence-corrected chi connectivity index (χ4v) is 3.28. The first kappa shape index (κ1) is 16.2. The number of hydrogen-bond acceptors (Lipinski definition) is 2. The van der Waals surface area contributed by atoms with Crippen LogP contribution in [0.5, 0.6) is 0 Å². The third-order valence-corrected chi connectivity index (χ3v) is 4.28. The number of halogens is 2. The van der Waals surface area contributed by atoms with Crippen molar-refractivity contribution < 1.29 is 0 Å². The van der Waals surface area contributed by atoms with Gasteiger partial charge in [0.15, 0.2) is 0 Å². The van der Waals surface area contributed by atoms with Crippen molar-refractivity contribution in [3.05, 3.63) is 15.9 Å². The molecule has 104 valence electrons. The van der Waals surface area contributed by atoms with Gasteiger partial charge >= 0.3 is 0 Å². The topological polar surface area (TPSA) is 21.1 Å². The SMILES string of the molecule is CCCN(CCBr)Cc1c(Br)c(CC)nn1CC. The van der Waals surface area contributed by atoms with Gasteiger partial charge < -0.3 is 0 Å². The number of hydrogen-bond donors (Lipinski definition) is 0. The van der Waals surface area contributed by atoms with Crippen LogP contribution >= 0.6 is 31.9 Å². The predicted octanol–water partition coefficient (Wildman–Crippen LogP) is 3.83. The molecule has 1 heterocycles. The average molecular weight is 381 g/mol. The maximum absolute atomic E-state index is 4.65. The van der Waals surface area contributed by atoms with Gasteiger partial charge in [0, 0.05) is 25.0 Å². The van der Waals surface area contributed by atoms with Crippen molar-refractivity contribution in [2.24, 2.45) is 0 Å². The minimum Gasteiger partial charge on any atom is -0.297 e. The normalized spacial score (nSPS) is 11.4. The molecule has 0 aliphatic carbocycles. The summed E-state index contributed by atoms with van der Waals surface area (Å²) in [4.78, 5) is 2.47. The summed E-state index contributed by atoms with van der Waals surface area (Å²) in [5, 5.41) is 5.67. The molecule has 0 saturated heterocycles. The summed E-state index contributed by atoms with van der Waals surface area (Å²) in [6.07, 6.45) is 2.17. The van der Waals surface area contributed by atoms with Gasteiger partial charge in [-0.15, -0.1) is 0 Å². The van der Waals surface area contributed by atoms with E-state index in [9.17, 15) is 0 Å². The first-order chi connectivity index (χ1) is 8.67. The molecule has 1 aromatic rings. The summed E-state index contributed by atoms with van der Waals surface area (Å²) < 4.78 is 3.32. The molecule has 18 heavy (non-hydrogen) atoms. The zero-order valence-corrected chi connectivity index (χ0v) is 14.7. The Morgan fingerprint density at radius 1 is 1.22 bits per heavy atom. The lowest BCUT2D eigenvalue weighted by Gasteiger charge is -2.21. The largest absolute Gasteiger partial charge is 0.297 e. The van der Waals surface area contributed by atoms with Crippen molar-refractivity contribution in [3.8, 4) is 0 Å². The molecular weight excluding hydrogens is 358 g/mol. The Morgan fingerprint density at radius 3 is 2.44 bits per heavy atom. The van der Waals surface area contributed by atoms with Crippen LogP contribution < -0.4 is 0 Å². The van der Waals surface area contributed by atoms with Crippen molar-refractivity contribution in [1.29, 1.82) is 0 Å². The summed E-state index contributed by atoms with van der Waals surface area (Å²) >= 11 is 7.24. The average Bonchev–Trinajstić information content (AvgIpc) is 2.67. The fourth-order valence-electron chi connectivity index (χ4n) is 2.09. The van der Waals surface area contributed by atoms with Gasteiger partial charge in [0.1, 0.15) is 0 Å². The lowest BCUT2D eigenvalue weighted by Crippen LogP contribution is -2.27. The maximum Gasteiger partial charge on any atom is 0.0767 e. The van der Waals surface area contributed by atoms with E-state index in [1.165, 1.54) is 22.3 Å². The molecule has 0 aliphatic rings. The van der Waals surface area contributed by atoms with Gasteiger partial charge in [-0.05, 0) is 42.2 Å². The van der Waals surface area contributed by atoms with E-state index in [2.05, 4.69) is 67.3 Å². The van der Waals surface area contributed by atoms with Gasteiger partial charge in [-0.2, -0.15) is 5.10 Å². The van der Waals surface area contributed by atoms with Crippen LogP contribution in [0.3, 0.4) is 0 Å². The van der Waals surface area contributed by atoms with Crippen LogP contribution in [0.4, 0.5) is 0 Å². The maximum atomic E-state index is 4.65. The van der Waals surface area contributed by atoms with Gasteiger partial charge in [0.05, 0.1) is 15.9 Å². The predicted molar refractivity (Wildman–Crippen MR) is 84.3 cm³/mol. The van der Waals surface area contributed by atoms with Crippen LogP contribution in [0.2, 0.25) is 0 Å². The van der Waals surface area contributed by atoms with Crippen LogP contribution in [0.1, 0.15) is 38.6 Å². The highest BCUT2D eigenvalue weighted by Crippen LogP contribution is 2.23. The van der Waals surface area contributed by atoms with Crippen LogP contribution in [-0.4, -0.2) is 33.1 Å². The van der Waals surface area contributed by atoms with Gasteiger partial charge in [-0.25, -0.2) is 0 Å². The van der Waals surface area contributed by atoms with Crippen LogP contribution in [0.15, 0.2) is 4.47 Å². The highest BCUT2D eigenvalue weighted by molar-refractivity contribution is 9.10. The van der Waals surface area contributed by atoms with Crippen molar-refractivity contribution >= 4 is 31.9 Å². The zero-order chi connectivity index (χ0) is 13.5. The number of aromatic nitrogens is 2. The lowest BCUT2D eigenvalue weighted by atomic mass is 10.3. The molecular formula is C13H23Br2N3. The highest BCUT2D eigenvalue weighted by Gasteiger charge is 2.16. The molecule has 1 aromatic heterocycles. The van der Waals surface area contributed by atoms with Crippen molar-refractivity contribution in [2.45, 2.75) is 46.7 Å². The van der Waals surface area contributed by atoms with E-state index in [-0.39, 0.29) is 0 Å². The molecule has 0 N–H and O–H groups in total. The van der Waals surface area contributed by atoms with E-state index in [0.29, 0.717) is 0 Å². The third-order valence-electron chi connectivity index (χ3n) is 3.01. The number of aryl methyl sites for hydroxylation is 2.